The van der Waals surface area contributed by atoms with Gasteiger partial charge in [0, 0.05) is 19.2 Å². The maximum absolute atomic E-state index is 13.4. The number of alkyl halides is 2. The zero-order valence-electron chi connectivity index (χ0n) is 10.9. The van der Waals surface area contributed by atoms with Crippen molar-refractivity contribution in [1.82, 2.24) is 4.31 Å². The number of methoxy groups -OCH3 is 1. The van der Waals surface area contributed by atoms with Crippen LogP contribution in [0.25, 0.3) is 0 Å². The molecule has 1 aromatic rings. The van der Waals surface area contributed by atoms with Gasteiger partial charge in [-0.15, -0.1) is 0 Å². The van der Waals surface area contributed by atoms with Gasteiger partial charge in [-0.1, -0.05) is 18.2 Å². The van der Waals surface area contributed by atoms with Crippen molar-refractivity contribution in [3.63, 3.8) is 0 Å². The van der Waals surface area contributed by atoms with E-state index < -0.39 is 34.6 Å². The van der Waals surface area contributed by atoms with Crippen molar-refractivity contribution in [2.24, 2.45) is 0 Å². The minimum Gasteiger partial charge on any atom is -0.383 e. The van der Waals surface area contributed by atoms with Gasteiger partial charge in [0.15, 0.2) is 0 Å². The first-order valence-electron chi connectivity index (χ1n) is 5.85. The van der Waals surface area contributed by atoms with Crippen molar-refractivity contribution in [1.29, 1.82) is 0 Å². The molecule has 1 aromatic carbocycles. The van der Waals surface area contributed by atoms with Gasteiger partial charge in [-0.3, -0.25) is 0 Å². The summed E-state index contributed by atoms with van der Waals surface area (Å²) in [6.07, 6.45) is -2.80. The summed E-state index contributed by atoms with van der Waals surface area (Å²) in [5.41, 5.74) is -0.0517. The topological polar surface area (TPSA) is 46.6 Å². The van der Waals surface area contributed by atoms with E-state index in [0.29, 0.717) is 4.31 Å². The first kappa shape index (κ1) is 16.9. The highest BCUT2D eigenvalue weighted by molar-refractivity contribution is 7.88. The number of hydrogen-bond acceptors (Lipinski definition) is 3. The Morgan fingerprint density at radius 3 is 2.50 bits per heavy atom. The van der Waals surface area contributed by atoms with Gasteiger partial charge < -0.3 is 4.74 Å². The molecule has 0 aliphatic rings. The predicted molar refractivity (Wildman–Crippen MR) is 68.5 cm³/mol. The number of rotatable bonds is 8. The fourth-order valence-electron chi connectivity index (χ4n) is 1.59. The Hall–Kier alpha value is -1.12. The van der Waals surface area contributed by atoms with Gasteiger partial charge in [0.2, 0.25) is 10.0 Å². The lowest BCUT2D eigenvalue weighted by molar-refractivity contribution is 0.106. The van der Waals surface area contributed by atoms with Crippen LogP contribution in [-0.2, 0) is 20.5 Å². The van der Waals surface area contributed by atoms with E-state index in [2.05, 4.69) is 0 Å². The molecule has 0 spiro atoms. The maximum Gasteiger partial charge on any atom is 0.252 e. The fourth-order valence-corrected chi connectivity index (χ4v) is 3.10. The van der Waals surface area contributed by atoms with Crippen LogP contribution in [0.2, 0.25) is 0 Å². The van der Waals surface area contributed by atoms with Gasteiger partial charge in [-0.2, -0.15) is 4.31 Å². The molecule has 0 amide bonds. The fraction of sp³-hybridized carbons (Fsp3) is 0.500. The van der Waals surface area contributed by atoms with Crippen LogP contribution in [0.1, 0.15) is 5.56 Å². The third-order valence-corrected chi connectivity index (χ3v) is 4.37. The van der Waals surface area contributed by atoms with Crippen LogP contribution in [0.15, 0.2) is 24.3 Å². The molecule has 4 nitrogen and oxygen atoms in total. The van der Waals surface area contributed by atoms with E-state index in [9.17, 15) is 21.6 Å². The van der Waals surface area contributed by atoms with E-state index in [4.69, 9.17) is 4.74 Å². The van der Waals surface area contributed by atoms with Crippen molar-refractivity contribution < 1.29 is 26.3 Å². The summed E-state index contributed by atoms with van der Waals surface area (Å²) >= 11 is 0. The number of hydrogen-bond donors (Lipinski definition) is 0. The molecular formula is C12H16F3NO3S. The molecule has 114 valence electrons. The van der Waals surface area contributed by atoms with Crippen LogP contribution in [0.3, 0.4) is 0 Å². The number of sulfonamides is 1. The normalized spacial score (nSPS) is 12.3. The largest absolute Gasteiger partial charge is 0.383 e. The molecular weight excluding hydrogens is 295 g/mol. The third kappa shape index (κ3) is 5.10. The number of halogens is 3. The second-order valence-corrected chi connectivity index (χ2v) is 6.06. The number of benzene rings is 1. The van der Waals surface area contributed by atoms with E-state index in [1.807, 2.05) is 0 Å². The Morgan fingerprint density at radius 1 is 1.30 bits per heavy atom. The van der Waals surface area contributed by atoms with Gasteiger partial charge in [-0.25, -0.2) is 21.6 Å². The summed E-state index contributed by atoms with van der Waals surface area (Å²) in [6, 6.07) is 5.34. The molecule has 0 radical (unpaired) electrons. The van der Waals surface area contributed by atoms with Gasteiger partial charge in [-0.05, 0) is 6.07 Å². The zero-order valence-corrected chi connectivity index (χ0v) is 11.7. The highest BCUT2D eigenvalue weighted by Crippen LogP contribution is 2.15. The second kappa shape index (κ2) is 7.61. The van der Waals surface area contributed by atoms with Crippen molar-refractivity contribution in [3.8, 4) is 0 Å². The lowest BCUT2D eigenvalue weighted by Gasteiger charge is -2.21. The predicted octanol–water partition coefficient (Wildman–Crippen LogP) is 1.87. The van der Waals surface area contributed by atoms with Crippen LogP contribution in [0.5, 0.6) is 0 Å². The van der Waals surface area contributed by atoms with Crippen LogP contribution in [0.4, 0.5) is 13.2 Å². The van der Waals surface area contributed by atoms with Crippen LogP contribution in [-0.4, -0.2) is 46.0 Å². The molecule has 20 heavy (non-hydrogen) atoms. The number of ether oxygens (including phenoxy) is 1. The molecule has 0 aromatic heterocycles. The van der Waals surface area contributed by atoms with Crippen LogP contribution >= 0.6 is 0 Å². The van der Waals surface area contributed by atoms with Crippen molar-refractivity contribution >= 4 is 10.0 Å². The summed E-state index contributed by atoms with van der Waals surface area (Å²) in [7, 11) is -2.69. The molecule has 0 saturated carbocycles. The lowest BCUT2D eigenvalue weighted by Crippen LogP contribution is -2.38. The quantitative estimate of drug-likeness (QED) is 0.736. The Bertz CT molecular complexity index is 522. The first-order valence-corrected chi connectivity index (χ1v) is 7.46. The standard InChI is InChI=1S/C12H16F3NO3S/c1-19-7-6-16(8-12(14)15)20(17,18)9-10-4-2-3-5-11(10)13/h2-5,12H,6-9H2,1H3. The Balaban J connectivity index is 2.89. The maximum atomic E-state index is 13.4. The van der Waals surface area contributed by atoms with Crippen molar-refractivity contribution in [2.75, 3.05) is 26.8 Å². The lowest BCUT2D eigenvalue weighted by atomic mass is 10.2. The first-order chi connectivity index (χ1) is 9.36. The average Bonchev–Trinajstić information content (AvgIpc) is 2.36. The molecule has 0 bridgehead atoms. The molecule has 8 heteroatoms. The van der Waals surface area contributed by atoms with Gasteiger partial charge >= 0.3 is 0 Å². The summed E-state index contributed by atoms with van der Waals surface area (Å²) in [5, 5.41) is 0. The van der Waals surface area contributed by atoms with Gasteiger partial charge in [0.25, 0.3) is 6.43 Å². The van der Waals surface area contributed by atoms with Crippen molar-refractivity contribution in [3.05, 3.63) is 35.6 Å². The molecule has 0 N–H and O–H groups in total. The highest BCUT2D eigenvalue weighted by Gasteiger charge is 2.26. The smallest absolute Gasteiger partial charge is 0.252 e. The second-order valence-electron chi connectivity index (χ2n) is 4.09. The summed E-state index contributed by atoms with van der Waals surface area (Å²) < 4.78 is 67.8. The average molecular weight is 311 g/mol. The molecule has 1 rings (SSSR count). The SMILES string of the molecule is COCCN(CC(F)F)S(=O)(=O)Cc1ccccc1F. The van der Waals surface area contributed by atoms with E-state index in [-0.39, 0.29) is 18.7 Å². The molecule has 0 fully saturated rings. The highest BCUT2D eigenvalue weighted by atomic mass is 32.2. The van der Waals surface area contributed by atoms with Crippen molar-refractivity contribution in [2.45, 2.75) is 12.2 Å². The van der Waals surface area contributed by atoms with E-state index in [1.165, 1.54) is 25.3 Å². The summed E-state index contributed by atoms with van der Waals surface area (Å²) in [5.74, 6) is -1.34. The third-order valence-electron chi connectivity index (χ3n) is 2.58. The molecule has 0 aliphatic heterocycles. The van der Waals surface area contributed by atoms with E-state index >= 15 is 0 Å². The summed E-state index contributed by atoms with van der Waals surface area (Å²) in [4.78, 5) is 0. The molecule has 0 atom stereocenters. The minimum absolute atomic E-state index is 0.0107. The minimum atomic E-state index is -4.03. The summed E-state index contributed by atoms with van der Waals surface area (Å²) in [6.45, 7) is -1.14. The molecule has 0 saturated heterocycles. The zero-order chi connectivity index (χ0) is 15.2. The van der Waals surface area contributed by atoms with Gasteiger partial charge in [0.05, 0.1) is 18.9 Å². The van der Waals surface area contributed by atoms with E-state index in [0.717, 1.165) is 6.07 Å². The van der Waals surface area contributed by atoms with Crippen LogP contribution in [0, 0.1) is 5.82 Å². The van der Waals surface area contributed by atoms with Crippen LogP contribution < -0.4 is 0 Å². The van der Waals surface area contributed by atoms with Gasteiger partial charge in [0.1, 0.15) is 5.82 Å². The Kier molecular flexibility index (Phi) is 6.44. The molecule has 0 aliphatic carbocycles. The molecule has 0 heterocycles. The monoisotopic (exact) mass is 311 g/mol. The number of nitrogens with zero attached hydrogens (tertiary/aromatic N) is 1. The Labute approximate surface area is 116 Å². The molecule has 0 unspecified atom stereocenters. The van der Waals surface area contributed by atoms with E-state index in [1.54, 1.807) is 0 Å². The Morgan fingerprint density at radius 2 is 1.95 bits per heavy atom.